The van der Waals surface area contributed by atoms with Gasteiger partial charge in [-0.15, -0.1) is 0 Å². The Labute approximate surface area is 111 Å². The lowest BCUT2D eigenvalue weighted by molar-refractivity contribution is 0.142. The molecule has 1 saturated heterocycles. The number of hydrogen-bond acceptors (Lipinski definition) is 2. The average Bonchev–Trinajstić information content (AvgIpc) is 2.57. The van der Waals surface area contributed by atoms with Gasteiger partial charge in [0.1, 0.15) is 0 Å². The SMILES string of the molecule is Cc1ccc(C(C)NC2CCCOCC2)c(C)c1. The summed E-state index contributed by atoms with van der Waals surface area (Å²) in [7, 11) is 0. The minimum Gasteiger partial charge on any atom is -0.381 e. The Morgan fingerprint density at radius 1 is 1.22 bits per heavy atom. The van der Waals surface area contributed by atoms with E-state index >= 15 is 0 Å². The van der Waals surface area contributed by atoms with Crippen LogP contribution in [-0.2, 0) is 4.74 Å². The van der Waals surface area contributed by atoms with Gasteiger partial charge in [0.15, 0.2) is 0 Å². The lowest BCUT2D eigenvalue weighted by Gasteiger charge is -2.23. The number of aryl methyl sites for hydroxylation is 2. The zero-order valence-electron chi connectivity index (χ0n) is 11.8. The van der Waals surface area contributed by atoms with Crippen molar-refractivity contribution in [3.05, 3.63) is 34.9 Å². The molecule has 0 aromatic heterocycles. The van der Waals surface area contributed by atoms with Gasteiger partial charge in [-0.25, -0.2) is 0 Å². The minimum absolute atomic E-state index is 0.425. The van der Waals surface area contributed by atoms with Gasteiger partial charge < -0.3 is 10.1 Å². The molecule has 1 aromatic rings. The fourth-order valence-corrected chi connectivity index (χ4v) is 2.83. The fraction of sp³-hybridized carbons (Fsp3) is 0.625. The average molecular weight is 247 g/mol. The van der Waals surface area contributed by atoms with E-state index in [4.69, 9.17) is 4.74 Å². The molecule has 1 fully saturated rings. The first-order chi connectivity index (χ1) is 8.66. The maximum Gasteiger partial charge on any atom is 0.0480 e. The molecule has 2 atom stereocenters. The first-order valence-electron chi connectivity index (χ1n) is 7.08. The Hall–Kier alpha value is -0.860. The van der Waals surface area contributed by atoms with Crippen molar-refractivity contribution in [1.82, 2.24) is 5.32 Å². The Morgan fingerprint density at radius 3 is 2.83 bits per heavy atom. The highest BCUT2D eigenvalue weighted by atomic mass is 16.5. The summed E-state index contributed by atoms with van der Waals surface area (Å²) in [6, 6.07) is 7.76. The van der Waals surface area contributed by atoms with Gasteiger partial charge in [0.2, 0.25) is 0 Å². The highest BCUT2D eigenvalue weighted by Crippen LogP contribution is 2.21. The van der Waals surface area contributed by atoms with Crippen molar-refractivity contribution in [3.63, 3.8) is 0 Å². The first kappa shape index (κ1) is 13.6. The standard InChI is InChI=1S/C16H25NO/c1-12-6-7-16(13(2)11-12)14(3)17-15-5-4-9-18-10-8-15/h6-7,11,14-15,17H,4-5,8-10H2,1-3H3. The smallest absolute Gasteiger partial charge is 0.0480 e. The predicted molar refractivity (Wildman–Crippen MR) is 75.9 cm³/mol. The number of nitrogens with one attached hydrogen (secondary N) is 1. The zero-order valence-corrected chi connectivity index (χ0v) is 11.8. The summed E-state index contributed by atoms with van der Waals surface area (Å²) in [5, 5.41) is 3.76. The summed E-state index contributed by atoms with van der Waals surface area (Å²) in [6.45, 7) is 8.45. The van der Waals surface area contributed by atoms with E-state index in [1.807, 2.05) is 0 Å². The van der Waals surface area contributed by atoms with E-state index in [9.17, 15) is 0 Å². The third-order valence-corrected chi connectivity index (χ3v) is 3.83. The van der Waals surface area contributed by atoms with Crippen molar-refractivity contribution in [3.8, 4) is 0 Å². The Kier molecular flexibility index (Phi) is 4.79. The van der Waals surface area contributed by atoms with Gasteiger partial charge >= 0.3 is 0 Å². The lowest BCUT2D eigenvalue weighted by atomic mass is 9.98. The molecular weight excluding hydrogens is 222 g/mol. The summed E-state index contributed by atoms with van der Waals surface area (Å²) in [5.41, 5.74) is 4.15. The topological polar surface area (TPSA) is 21.3 Å². The predicted octanol–water partition coefficient (Wildman–Crippen LogP) is 3.52. The third-order valence-electron chi connectivity index (χ3n) is 3.83. The molecule has 1 aliphatic heterocycles. The fourth-order valence-electron chi connectivity index (χ4n) is 2.83. The van der Waals surface area contributed by atoms with Gasteiger partial charge in [-0.1, -0.05) is 23.8 Å². The van der Waals surface area contributed by atoms with Crippen LogP contribution in [0.5, 0.6) is 0 Å². The van der Waals surface area contributed by atoms with Crippen molar-refractivity contribution in [2.45, 2.75) is 52.1 Å². The highest BCUT2D eigenvalue weighted by Gasteiger charge is 2.16. The lowest BCUT2D eigenvalue weighted by Crippen LogP contribution is -2.32. The van der Waals surface area contributed by atoms with Gasteiger partial charge in [-0.3, -0.25) is 0 Å². The van der Waals surface area contributed by atoms with Gasteiger partial charge in [-0.05, 0) is 51.2 Å². The first-order valence-corrected chi connectivity index (χ1v) is 7.08. The maximum absolute atomic E-state index is 5.51. The number of rotatable bonds is 3. The van der Waals surface area contributed by atoms with E-state index in [2.05, 4.69) is 44.3 Å². The van der Waals surface area contributed by atoms with Crippen LogP contribution in [0.4, 0.5) is 0 Å². The quantitative estimate of drug-likeness (QED) is 0.882. The monoisotopic (exact) mass is 247 g/mol. The van der Waals surface area contributed by atoms with Crippen LogP contribution in [0.15, 0.2) is 18.2 Å². The van der Waals surface area contributed by atoms with Crippen molar-refractivity contribution >= 4 is 0 Å². The Morgan fingerprint density at radius 2 is 2.06 bits per heavy atom. The molecule has 0 radical (unpaired) electrons. The molecule has 18 heavy (non-hydrogen) atoms. The van der Waals surface area contributed by atoms with Gasteiger partial charge in [0.25, 0.3) is 0 Å². The molecule has 1 N–H and O–H groups in total. The number of hydrogen-bond donors (Lipinski definition) is 1. The van der Waals surface area contributed by atoms with E-state index in [1.54, 1.807) is 0 Å². The van der Waals surface area contributed by atoms with Crippen LogP contribution in [0.1, 0.15) is 48.9 Å². The molecule has 2 heteroatoms. The molecule has 1 aromatic carbocycles. The second-order valence-electron chi connectivity index (χ2n) is 5.49. The van der Waals surface area contributed by atoms with Crippen molar-refractivity contribution in [2.75, 3.05) is 13.2 Å². The van der Waals surface area contributed by atoms with Gasteiger partial charge in [-0.2, -0.15) is 0 Å². The van der Waals surface area contributed by atoms with Gasteiger partial charge in [0, 0.05) is 25.3 Å². The molecule has 0 spiro atoms. The second-order valence-corrected chi connectivity index (χ2v) is 5.49. The molecular formula is C16H25NO. The molecule has 2 nitrogen and oxygen atoms in total. The van der Waals surface area contributed by atoms with Crippen LogP contribution in [0, 0.1) is 13.8 Å². The molecule has 1 heterocycles. The highest BCUT2D eigenvalue weighted by molar-refractivity contribution is 5.32. The molecule has 0 aliphatic carbocycles. The largest absolute Gasteiger partial charge is 0.381 e. The normalized spacial score (nSPS) is 22.5. The molecule has 2 rings (SSSR count). The van der Waals surface area contributed by atoms with Crippen LogP contribution in [0.25, 0.3) is 0 Å². The molecule has 1 aliphatic rings. The molecule has 0 saturated carbocycles. The van der Waals surface area contributed by atoms with Crippen molar-refractivity contribution in [2.24, 2.45) is 0 Å². The van der Waals surface area contributed by atoms with E-state index < -0.39 is 0 Å². The Bertz CT molecular complexity index is 381. The van der Waals surface area contributed by atoms with Crippen LogP contribution < -0.4 is 5.32 Å². The maximum atomic E-state index is 5.51. The van der Waals surface area contributed by atoms with E-state index in [-0.39, 0.29) is 0 Å². The number of ether oxygens (including phenoxy) is 1. The third kappa shape index (κ3) is 3.56. The molecule has 2 unspecified atom stereocenters. The van der Waals surface area contributed by atoms with Crippen molar-refractivity contribution < 1.29 is 4.74 Å². The number of benzene rings is 1. The molecule has 100 valence electrons. The minimum atomic E-state index is 0.425. The van der Waals surface area contributed by atoms with Gasteiger partial charge in [0.05, 0.1) is 0 Å². The zero-order chi connectivity index (χ0) is 13.0. The molecule has 0 amide bonds. The summed E-state index contributed by atoms with van der Waals surface area (Å²) < 4.78 is 5.51. The summed E-state index contributed by atoms with van der Waals surface area (Å²) in [5.74, 6) is 0. The summed E-state index contributed by atoms with van der Waals surface area (Å²) in [6.07, 6.45) is 3.54. The summed E-state index contributed by atoms with van der Waals surface area (Å²) in [4.78, 5) is 0. The van der Waals surface area contributed by atoms with Crippen molar-refractivity contribution in [1.29, 1.82) is 0 Å². The van der Waals surface area contributed by atoms with E-state index in [0.29, 0.717) is 12.1 Å². The van der Waals surface area contributed by atoms with E-state index in [1.165, 1.54) is 29.5 Å². The second kappa shape index (κ2) is 6.35. The van der Waals surface area contributed by atoms with Crippen LogP contribution >= 0.6 is 0 Å². The van der Waals surface area contributed by atoms with E-state index in [0.717, 1.165) is 19.6 Å². The van der Waals surface area contributed by atoms with Crippen LogP contribution in [0.3, 0.4) is 0 Å². The molecule has 0 bridgehead atoms. The van der Waals surface area contributed by atoms with Crippen LogP contribution in [-0.4, -0.2) is 19.3 Å². The van der Waals surface area contributed by atoms with Crippen LogP contribution in [0.2, 0.25) is 0 Å². The Balaban J connectivity index is 1.99. The summed E-state index contributed by atoms with van der Waals surface area (Å²) >= 11 is 0.